The van der Waals surface area contributed by atoms with Gasteiger partial charge in [-0.25, -0.2) is 9.97 Å². The van der Waals surface area contributed by atoms with Gasteiger partial charge in [0.2, 0.25) is 17.7 Å². The van der Waals surface area contributed by atoms with E-state index in [-0.39, 0.29) is 18.2 Å². The number of nitrogen functional groups attached to an aromatic ring is 2. The molecule has 0 aromatic carbocycles. The Hall–Kier alpha value is -2.53. The number of aromatic nitrogens is 4. The van der Waals surface area contributed by atoms with Crippen molar-refractivity contribution in [1.82, 2.24) is 19.9 Å². The predicted molar refractivity (Wildman–Crippen MR) is 104 cm³/mol. The second-order valence-electron chi connectivity index (χ2n) is 5.56. The van der Waals surface area contributed by atoms with Crippen LogP contribution in [0.2, 0.25) is 0 Å². The Kier molecular flexibility index (Phi) is 8.14. The topological polar surface area (TPSA) is 154 Å². The van der Waals surface area contributed by atoms with Crippen molar-refractivity contribution in [3.63, 3.8) is 0 Å². The third kappa shape index (κ3) is 6.29. The number of anilines is 3. The Labute approximate surface area is 162 Å². The van der Waals surface area contributed by atoms with E-state index < -0.39 is 0 Å². The number of methoxy groups -OCH3 is 2. The number of ether oxygens (including phenoxy) is 2. The van der Waals surface area contributed by atoms with Crippen LogP contribution in [0.25, 0.3) is 0 Å². The van der Waals surface area contributed by atoms with Gasteiger partial charge in [-0.2, -0.15) is 9.97 Å². The molecule has 2 heterocycles. The van der Waals surface area contributed by atoms with Crippen molar-refractivity contribution >= 4 is 29.3 Å². The highest BCUT2D eigenvalue weighted by Gasteiger charge is 2.19. The fraction of sp³-hybridized carbons (Fsp3) is 0.500. The highest BCUT2D eigenvalue weighted by Crippen LogP contribution is 2.39. The van der Waals surface area contributed by atoms with Gasteiger partial charge in [0, 0.05) is 19.2 Å². The van der Waals surface area contributed by atoms with E-state index in [1.54, 1.807) is 0 Å². The average molecular weight is 395 g/mol. The molecule has 10 nitrogen and oxygen atoms in total. The summed E-state index contributed by atoms with van der Waals surface area (Å²) >= 11 is 1.16. The molecule has 2 aromatic heterocycles. The van der Waals surface area contributed by atoms with Crippen LogP contribution < -0.4 is 26.3 Å². The molecule has 0 aliphatic carbocycles. The monoisotopic (exact) mass is 395 g/mol. The van der Waals surface area contributed by atoms with Gasteiger partial charge in [0.05, 0.1) is 14.2 Å². The first kappa shape index (κ1) is 20.8. The first-order valence-corrected chi connectivity index (χ1v) is 9.31. The zero-order valence-electron chi connectivity index (χ0n) is 15.4. The molecule has 2 rings (SSSR count). The SMILES string of the molecule is COc1nc(NCCCCCCO)nc(OC)c1Sc1nc(N)cc(N)n1. The molecule has 0 radical (unpaired) electrons. The quantitative estimate of drug-likeness (QED) is 0.323. The minimum absolute atomic E-state index is 0.229. The second-order valence-corrected chi connectivity index (χ2v) is 6.54. The second kappa shape index (κ2) is 10.6. The minimum atomic E-state index is 0.229. The molecule has 0 amide bonds. The van der Waals surface area contributed by atoms with Crippen LogP contribution in [0.3, 0.4) is 0 Å². The van der Waals surface area contributed by atoms with Crippen LogP contribution in [0.1, 0.15) is 25.7 Å². The molecule has 0 aliphatic rings. The number of unbranched alkanes of at least 4 members (excludes halogenated alkanes) is 3. The van der Waals surface area contributed by atoms with E-state index in [1.807, 2.05) is 0 Å². The van der Waals surface area contributed by atoms with Gasteiger partial charge >= 0.3 is 0 Å². The lowest BCUT2D eigenvalue weighted by Crippen LogP contribution is -2.08. The molecule has 0 bridgehead atoms. The molecule has 0 saturated heterocycles. The van der Waals surface area contributed by atoms with Crippen LogP contribution in [0.5, 0.6) is 11.8 Å². The first-order valence-electron chi connectivity index (χ1n) is 8.50. The Bertz CT molecular complexity index is 703. The smallest absolute Gasteiger partial charge is 0.236 e. The summed E-state index contributed by atoms with van der Waals surface area (Å²) in [5, 5.41) is 12.3. The fourth-order valence-corrected chi connectivity index (χ4v) is 3.16. The maximum absolute atomic E-state index is 8.79. The number of nitrogens with two attached hydrogens (primary N) is 2. The van der Waals surface area contributed by atoms with E-state index in [1.165, 1.54) is 20.3 Å². The third-order valence-corrected chi connectivity index (χ3v) is 4.42. The average Bonchev–Trinajstić information content (AvgIpc) is 2.64. The molecule has 6 N–H and O–H groups in total. The molecule has 0 saturated carbocycles. The highest BCUT2D eigenvalue weighted by molar-refractivity contribution is 7.99. The van der Waals surface area contributed by atoms with Crippen LogP contribution in [-0.4, -0.2) is 52.4 Å². The summed E-state index contributed by atoms with van der Waals surface area (Å²) < 4.78 is 10.8. The van der Waals surface area contributed by atoms with Crippen molar-refractivity contribution in [3.05, 3.63) is 6.07 Å². The summed E-state index contributed by atoms with van der Waals surface area (Å²) in [5.74, 6) is 1.60. The van der Waals surface area contributed by atoms with Gasteiger partial charge in [0.25, 0.3) is 0 Å². The molecule has 0 fully saturated rings. The molecule has 0 atom stereocenters. The molecule has 2 aromatic rings. The van der Waals surface area contributed by atoms with E-state index >= 15 is 0 Å². The van der Waals surface area contributed by atoms with Crippen molar-refractivity contribution in [2.24, 2.45) is 0 Å². The molecule has 0 aliphatic heterocycles. The van der Waals surface area contributed by atoms with Gasteiger partial charge in [-0.05, 0) is 24.6 Å². The lowest BCUT2D eigenvalue weighted by molar-refractivity contribution is 0.283. The summed E-state index contributed by atoms with van der Waals surface area (Å²) in [6.45, 7) is 0.936. The van der Waals surface area contributed by atoms with Crippen molar-refractivity contribution in [3.8, 4) is 11.8 Å². The van der Waals surface area contributed by atoms with Crippen LogP contribution in [0.15, 0.2) is 16.1 Å². The standard InChI is InChI=1S/C16H25N7O3S/c1-25-13-12(27-16-20-10(17)9-11(18)21-16)14(26-2)23-15(22-13)19-7-5-3-4-6-8-24/h9,24H,3-8H2,1-2H3,(H,19,22,23)(H4,17,18,20,21). The molecule has 11 heteroatoms. The third-order valence-electron chi connectivity index (χ3n) is 3.50. The van der Waals surface area contributed by atoms with E-state index in [0.29, 0.717) is 34.3 Å². The zero-order valence-corrected chi connectivity index (χ0v) is 16.3. The minimum Gasteiger partial charge on any atom is -0.480 e. The van der Waals surface area contributed by atoms with Gasteiger partial charge in [-0.3, -0.25) is 0 Å². The Morgan fingerprint density at radius 2 is 1.56 bits per heavy atom. The fourth-order valence-electron chi connectivity index (χ4n) is 2.24. The van der Waals surface area contributed by atoms with Gasteiger partial charge in [-0.1, -0.05) is 12.8 Å². The van der Waals surface area contributed by atoms with Crippen LogP contribution in [0, 0.1) is 0 Å². The highest BCUT2D eigenvalue weighted by atomic mass is 32.2. The van der Waals surface area contributed by atoms with Crippen molar-refractivity contribution < 1.29 is 14.6 Å². The number of aliphatic hydroxyl groups excluding tert-OH is 1. The Morgan fingerprint density at radius 1 is 0.963 bits per heavy atom. The maximum atomic E-state index is 8.79. The lowest BCUT2D eigenvalue weighted by atomic mass is 10.2. The van der Waals surface area contributed by atoms with Crippen LogP contribution in [-0.2, 0) is 0 Å². The molecule has 0 spiro atoms. The summed E-state index contributed by atoms with van der Waals surface area (Å²) in [4.78, 5) is 17.5. The number of nitrogens with one attached hydrogen (secondary N) is 1. The van der Waals surface area contributed by atoms with Gasteiger partial charge in [0.1, 0.15) is 16.5 Å². The van der Waals surface area contributed by atoms with Gasteiger partial charge in [0.15, 0.2) is 5.16 Å². The van der Waals surface area contributed by atoms with E-state index in [4.69, 9.17) is 26.0 Å². The van der Waals surface area contributed by atoms with Gasteiger partial charge < -0.3 is 31.4 Å². The number of hydrogen-bond donors (Lipinski definition) is 4. The molecular weight excluding hydrogens is 370 g/mol. The molecule has 148 valence electrons. The van der Waals surface area contributed by atoms with Gasteiger partial charge in [-0.15, -0.1) is 0 Å². The van der Waals surface area contributed by atoms with Crippen LogP contribution in [0.4, 0.5) is 17.6 Å². The number of rotatable bonds is 11. The predicted octanol–water partition coefficient (Wildman–Crippen LogP) is 1.56. The summed E-state index contributed by atoms with van der Waals surface area (Å²) in [6.07, 6.45) is 3.77. The van der Waals surface area contributed by atoms with E-state index in [0.717, 1.165) is 37.4 Å². The molecular formula is C16H25N7O3S. The van der Waals surface area contributed by atoms with E-state index in [9.17, 15) is 0 Å². The lowest BCUT2D eigenvalue weighted by Gasteiger charge is -2.13. The molecule has 0 unspecified atom stereocenters. The van der Waals surface area contributed by atoms with E-state index in [2.05, 4.69) is 25.3 Å². The summed E-state index contributed by atoms with van der Waals surface area (Å²) in [7, 11) is 3.03. The number of hydrogen-bond acceptors (Lipinski definition) is 11. The first-order chi connectivity index (χ1) is 13.1. The number of aliphatic hydroxyl groups is 1. The number of nitrogens with zero attached hydrogens (tertiary/aromatic N) is 4. The van der Waals surface area contributed by atoms with Crippen molar-refractivity contribution in [1.29, 1.82) is 0 Å². The Balaban J connectivity index is 2.13. The van der Waals surface area contributed by atoms with Crippen LogP contribution >= 0.6 is 11.8 Å². The normalized spacial score (nSPS) is 10.6. The maximum Gasteiger partial charge on any atom is 0.236 e. The summed E-state index contributed by atoms with van der Waals surface area (Å²) in [5.41, 5.74) is 11.4. The van der Waals surface area contributed by atoms with Crippen molar-refractivity contribution in [2.75, 3.05) is 44.2 Å². The largest absolute Gasteiger partial charge is 0.480 e. The van der Waals surface area contributed by atoms with Crippen molar-refractivity contribution in [2.45, 2.75) is 35.7 Å². The zero-order chi connectivity index (χ0) is 19.6. The molecule has 27 heavy (non-hydrogen) atoms. The Morgan fingerprint density at radius 3 is 2.11 bits per heavy atom. The summed E-state index contributed by atoms with van der Waals surface area (Å²) in [6, 6.07) is 1.47.